The van der Waals surface area contributed by atoms with Crippen LogP contribution in [0, 0.1) is 0 Å². The highest BCUT2D eigenvalue weighted by atomic mass is 16.5. The molecule has 3 nitrogen and oxygen atoms in total. The molecule has 1 aliphatic rings. The van der Waals surface area contributed by atoms with E-state index in [0.29, 0.717) is 13.0 Å². The van der Waals surface area contributed by atoms with Gasteiger partial charge in [-0.1, -0.05) is 54.6 Å². The average molecular weight is 281 g/mol. The molecular weight excluding hydrogens is 262 g/mol. The Morgan fingerprint density at radius 3 is 2.62 bits per heavy atom. The minimum absolute atomic E-state index is 0.0523. The number of carbonyl (C=O) groups is 1. The van der Waals surface area contributed by atoms with E-state index >= 15 is 0 Å². The Bertz CT molecular complexity index is 624. The molecule has 2 aromatic carbocycles. The Morgan fingerprint density at radius 1 is 1.10 bits per heavy atom. The fraction of sp³-hybridized carbons (Fsp3) is 0.278. The van der Waals surface area contributed by atoms with Crippen molar-refractivity contribution in [3.8, 4) is 0 Å². The largest absolute Gasteiger partial charge is 0.380 e. The van der Waals surface area contributed by atoms with E-state index in [2.05, 4.69) is 35.6 Å². The van der Waals surface area contributed by atoms with Crippen molar-refractivity contribution in [1.82, 2.24) is 5.32 Å². The van der Waals surface area contributed by atoms with Crippen molar-refractivity contribution in [3.05, 3.63) is 71.3 Å². The van der Waals surface area contributed by atoms with Gasteiger partial charge in [-0.25, -0.2) is 0 Å². The SMILES string of the molecule is COCc1cccc(C2CC(=O)NC2c2ccccc2)c1. The van der Waals surface area contributed by atoms with Gasteiger partial charge in [-0.15, -0.1) is 0 Å². The molecule has 1 N–H and O–H groups in total. The maximum absolute atomic E-state index is 11.9. The van der Waals surface area contributed by atoms with Crippen LogP contribution in [0.5, 0.6) is 0 Å². The van der Waals surface area contributed by atoms with Crippen LogP contribution in [0.4, 0.5) is 0 Å². The minimum atomic E-state index is 0.0523. The normalized spacial score (nSPS) is 21.3. The summed E-state index contributed by atoms with van der Waals surface area (Å²) in [5, 5.41) is 3.10. The van der Waals surface area contributed by atoms with Crippen LogP contribution in [0.2, 0.25) is 0 Å². The maximum Gasteiger partial charge on any atom is 0.221 e. The molecule has 1 heterocycles. The second-order valence-corrected chi connectivity index (χ2v) is 5.44. The van der Waals surface area contributed by atoms with E-state index in [-0.39, 0.29) is 17.9 Å². The van der Waals surface area contributed by atoms with Gasteiger partial charge in [0.2, 0.25) is 5.91 Å². The third kappa shape index (κ3) is 2.98. The van der Waals surface area contributed by atoms with Gasteiger partial charge < -0.3 is 10.1 Å². The number of amides is 1. The summed E-state index contributed by atoms with van der Waals surface area (Å²) in [4.78, 5) is 11.9. The predicted molar refractivity (Wildman–Crippen MR) is 81.8 cm³/mol. The lowest BCUT2D eigenvalue weighted by Gasteiger charge is -2.20. The summed E-state index contributed by atoms with van der Waals surface area (Å²) in [5.74, 6) is 0.294. The van der Waals surface area contributed by atoms with E-state index in [0.717, 1.165) is 11.1 Å². The Labute approximate surface area is 124 Å². The van der Waals surface area contributed by atoms with E-state index in [1.54, 1.807) is 7.11 Å². The van der Waals surface area contributed by atoms with Crippen LogP contribution >= 0.6 is 0 Å². The number of hydrogen-bond acceptors (Lipinski definition) is 2. The molecule has 0 aromatic heterocycles. The fourth-order valence-corrected chi connectivity index (χ4v) is 3.02. The van der Waals surface area contributed by atoms with Crippen molar-refractivity contribution in [2.75, 3.05) is 7.11 Å². The third-order valence-electron chi connectivity index (χ3n) is 3.97. The smallest absolute Gasteiger partial charge is 0.221 e. The molecule has 0 radical (unpaired) electrons. The van der Waals surface area contributed by atoms with Crippen molar-refractivity contribution in [3.63, 3.8) is 0 Å². The van der Waals surface area contributed by atoms with Crippen LogP contribution in [-0.4, -0.2) is 13.0 Å². The highest BCUT2D eigenvalue weighted by Crippen LogP contribution is 2.38. The molecule has 2 unspecified atom stereocenters. The number of nitrogens with one attached hydrogen (secondary N) is 1. The highest BCUT2D eigenvalue weighted by Gasteiger charge is 2.34. The van der Waals surface area contributed by atoms with Crippen LogP contribution < -0.4 is 5.32 Å². The standard InChI is InChI=1S/C18H19NO2/c1-21-12-13-6-5-9-15(10-13)16-11-17(20)19-18(16)14-7-3-2-4-8-14/h2-10,16,18H,11-12H2,1H3,(H,19,20). The van der Waals surface area contributed by atoms with Gasteiger partial charge in [-0.3, -0.25) is 4.79 Å². The van der Waals surface area contributed by atoms with Gasteiger partial charge in [0.1, 0.15) is 0 Å². The van der Waals surface area contributed by atoms with E-state index in [1.165, 1.54) is 5.56 Å². The Kier molecular flexibility index (Phi) is 4.02. The van der Waals surface area contributed by atoms with Crippen LogP contribution in [-0.2, 0) is 16.1 Å². The molecule has 0 bridgehead atoms. The Morgan fingerprint density at radius 2 is 1.86 bits per heavy atom. The lowest BCUT2D eigenvalue weighted by molar-refractivity contribution is -0.119. The summed E-state index contributed by atoms with van der Waals surface area (Å²) >= 11 is 0. The summed E-state index contributed by atoms with van der Waals surface area (Å²) in [6.45, 7) is 0.595. The highest BCUT2D eigenvalue weighted by molar-refractivity contribution is 5.80. The quantitative estimate of drug-likeness (QED) is 0.934. The lowest BCUT2D eigenvalue weighted by Crippen LogP contribution is -2.20. The molecule has 108 valence electrons. The number of methoxy groups -OCH3 is 1. The molecule has 21 heavy (non-hydrogen) atoms. The van der Waals surface area contributed by atoms with Crippen molar-refractivity contribution >= 4 is 5.91 Å². The second-order valence-electron chi connectivity index (χ2n) is 5.44. The number of rotatable bonds is 4. The molecule has 2 atom stereocenters. The third-order valence-corrected chi connectivity index (χ3v) is 3.97. The molecular formula is C18H19NO2. The van der Waals surface area contributed by atoms with E-state index in [1.807, 2.05) is 24.3 Å². The fourth-order valence-electron chi connectivity index (χ4n) is 3.02. The van der Waals surface area contributed by atoms with E-state index in [4.69, 9.17) is 4.74 Å². The van der Waals surface area contributed by atoms with Crippen molar-refractivity contribution in [2.45, 2.75) is 25.0 Å². The first-order chi connectivity index (χ1) is 10.3. The lowest BCUT2D eigenvalue weighted by atomic mass is 9.87. The maximum atomic E-state index is 11.9. The predicted octanol–water partition coefficient (Wildman–Crippen LogP) is 3.18. The van der Waals surface area contributed by atoms with Gasteiger partial charge in [0.05, 0.1) is 12.6 Å². The molecule has 1 amide bonds. The van der Waals surface area contributed by atoms with E-state index in [9.17, 15) is 4.79 Å². The van der Waals surface area contributed by atoms with Crippen molar-refractivity contribution in [2.24, 2.45) is 0 Å². The van der Waals surface area contributed by atoms with Gasteiger partial charge >= 0.3 is 0 Å². The first kappa shape index (κ1) is 13.8. The molecule has 1 aliphatic heterocycles. The number of hydrogen-bond donors (Lipinski definition) is 1. The summed E-state index contributed by atoms with van der Waals surface area (Å²) in [6, 6.07) is 18.5. The first-order valence-corrected chi connectivity index (χ1v) is 7.20. The van der Waals surface area contributed by atoms with Gasteiger partial charge in [0, 0.05) is 19.4 Å². The summed E-state index contributed by atoms with van der Waals surface area (Å²) < 4.78 is 5.20. The zero-order chi connectivity index (χ0) is 14.7. The molecule has 1 fully saturated rings. The van der Waals surface area contributed by atoms with Gasteiger partial charge in [0.15, 0.2) is 0 Å². The van der Waals surface area contributed by atoms with Crippen LogP contribution in [0.15, 0.2) is 54.6 Å². The Hall–Kier alpha value is -2.13. The van der Waals surface area contributed by atoms with Crippen LogP contribution in [0.1, 0.15) is 35.1 Å². The minimum Gasteiger partial charge on any atom is -0.380 e. The van der Waals surface area contributed by atoms with Crippen LogP contribution in [0.3, 0.4) is 0 Å². The summed E-state index contributed by atoms with van der Waals surface area (Å²) in [7, 11) is 1.69. The summed E-state index contributed by atoms with van der Waals surface area (Å²) in [5.41, 5.74) is 3.49. The topological polar surface area (TPSA) is 38.3 Å². The summed E-state index contributed by atoms with van der Waals surface area (Å²) in [6.07, 6.45) is 0.538. The number of benzene rings is 2. The van der Waals surface area contributed by atoms with Gasteiger partial charge in [0.25, 0.3) is 0 Å². The second kappa shape index (κ2) is 6.10. The zero-order valence-electron chi connectivity index (χ0n) is 12.1. The molecule has 1 saturated heterocycles. The number of ether oxygens (including phenoxy) is 1. The van der Waals surface area contributed by atoms with Crippen LogP contribution in [0.25, 0.3) is 0 Å². The molecule has 0 saturated carbocycles. The van der Waals surface area contributed by atoms with Crippen molar-refractivity contribution in [1.29, 1.82) is 0 Å². The first-order valence-electron chi connectivity index (χ1n) is 7.20. The number of carbonyl (C=O) groups excluding carboxylic acids is 1. The van der Waals surface area contributed by atoms with E-state index < -0.39 is 0 Å². The zero-order valence-corrected chi connectivity index (χ0v) is 12.1. The van der Waals surface area contributed by atoms with Crippen molar-refractivity contribution < 1.29 is 9.53 Å². The average Bonchev–Trinajstić information content (AvgIpc) is 2.91. The molecule has 0 spiro atoms. The molecule has 2 aromatic rings. The van der Waals surface area contributed by atoms with Gasteiger partial charge in [-0.2, -0.15) is 0 Å². The Balaban J connectivity index is 1.92. The molecule has 3 heteroatoms. The molecule has 3 rings (SSSR count). The molecule has 0 aliphatic carbocycles. The van der Waals surface area contributed by atoms with Gasteiger partial charge in [-0.05, 0) is 16.7 Å². The monoisotopic (exact) mass is 281 g/mol.